The Morgan fingerprint density at radius 2 is 1.89 bits per heavy atom. The number of anilines is 2. The lowest BCUT2D eigenvalue weighted by molar-refractivity contribution is -0.119. The fourth-order valence-corrected chi connectivity index (χ4v) is 5.30. The number of rotatable bonds is 7. The smallest absolute Gasteiger partial charge is 0.250 e. The van der Waals surface area contributed by atoms with Gasteiger partial charge in [0.25, 0.3) is 0 Å². The molecule has 9 heteroatoms. The molecule has 4 aromatic rings. The number of aromatic nitrogens is 3. The maximum Gasteiger partial charge on any atom is 0.250 e. The number of aryl methyl sites for hydroxylation is 1. The van der Waals surface area contributed by atoms with Crippen LogP contribution in [-0.2, 0) is 9.53 Å². The number of hydrogen-bond acceptors (Lipinski definition) is 5. The highest BCUT2D eigenvalue weighted by Gasteiger charge is 2.42. The van der Waals surface area contributed by atoms with Crippen LogP contribution in [0.1, 0.15) is 34.7 Å². The Balaban J connectivity index is 1.57. The normalized spacial score (nSPS) is 17.1. The van der Waals surface area contributed by atoms with Gasteiger partial charge in [0.1, 0.15) is 6.61 Å². The maximum absolute atomic E-state index is 11.9. The third-order valence-corrected chi connectivity index (χ3v) is 6.81. The maximum atomic E-state index is 11.9. The van der Waals surface area contributed by atoms with Crippen molar-refractivity contribution in [3.05, 3.63) is 102 Å². The van der Waals surface area contributed by atoms with Crippen molar-refractivity contribution >= 4 is 34.6 Å². The van der Waals surface area contributed by atoms with E-state index in [1.807, 2.05) is 54.7 Å². The van der Waals surface area contributed by atoms with E-state index in [1.54, 1.807) is 12.4 Å². The Morgan fingerprint density at radius 3 is 2.57 bits per heavy atom. The number of pyridine rings is 2. The van der Waals surface area contributed by atoms with Gasteiger partial charge in [0.2, 0.25) is 5.91 Å². The Kier molecular flexibility index (Phi) is 6.98. The SMILES string of the molecule is COCC(=O)Nc1ccc(N2C(=S)N[C@H](c3ccccn3)[C@@H]2c2cc(C)n(-c3cccnc3)c2C)cc1. The molecule has 0 spiro atoms. The summed E-state index contributed by atoms with van der Waals surface area (Å²) in [5, 5.41) is 6.96. The van der Waals surface area contributed by atoms with Crippen molar-refractivity contribution in [1.82, 2.24) is 19.9 Å². The third-order valence-electron chi connectivity index (χ3n) is 6.50. The highest BCUT2D eigenvalue weighted by Crippen LogP contribution is 2.43. The van der Waals surface area contributed by atoms with Gasteiger partial charge in [-0.3, -0.25) is 14.8 Å². The minimum atomic E-state index is -0.204. The molecule has 2 N–H and O–H groups in total. The highest BCUT2D eigenvalue weighted by molar-refractivity contribution is 7.80. The van der Waals surface area contributed by atoms with E-state index in [4.69, 9.17) is 17.0 Å². The first kappa shape index (κ1) is 24.6. The lowest BCUT2D eigenvalue weighted by Gasteiger charge is -2.28. The van der Waals surface area contributed by atoms with E-state index in [-0.39, 0.29) is 24.6 Å². The summed E-state index contributed by atoms with van der Waals surface area (Å²) >= 11 is 5.87. The van der Waals surface area contributed by atoms with Crippen LogP contribution in [0.5, 0.6) is 0 Å². The molecule has 4 heterocycles. The number of hydrogen-bond donors (Lipinski definition) is 2. The molecule has 1 saturated heterocycles. The zero-order valence-corrected chi connectivity index (χ0v) is 21.7. The van der Waals surface area contributed by atoms with Crippen molar-refractivity contribution in [3.8, 4) is 5.69 Å². The molecular formula is C28H28N6O2S. The van der Waals surface area contributed by atoms with E-state index in [9.17, 15) is 4.79 Å². The Hall–Kier alpha value is -4.08. The standard InChI is InChI=1S/C28H28N6O2S/c1-18-15-23(19(2)33(18)22-7-6-13-29-16-22)27-26(24-8-4-5-14-30-24)32-28(37)34(27)21-11-9-20(10-12-21)31-25(35)17-36-3/h4-16,26-27H,17H2,1-3H3,(H,31,35)(H,32,37)/t26-,27+/m1/s1. The number of ether oxygens (including phenoxy) is 1. The lowest BCUT2D eigenvalue weighted by Crippen LogP contribution is -2.29. The average molecular weight is 513 g/mol. The summed E-state index contributed by atoms with van der Waals surface area (Å²) in [6.45, 7) is 4.23. The van der Waals surface area contributed by atoms with Crippen LogP contribution >= 0.6 is 12.2 Å². The van der Waals surface area contributed by atoms with Gasteiger partial charge in [0, 0.05) is 42.3 Å². The number of nitrogens with one attached hydrogen (secondary N) is 2. The van der Waals surface area contributed by atoms with Gasteiger partial charge < -0.3 is 24.8 Å². The van der Waals surface area contributed by atoms with Crippen molar-refractivity contribution in [1.29, 1.82) is 0 Å². The topological polar surface area (TPSA) is 84.3 Å². The van der Waals surface area contributed by atoms with Crippen LogP contribution in [0, 0.1) is 13.8 Å². The molecule has 0 bridgehead atoms. The fraction of sp³-hybridized carbons (Fsp3) is 0.214. The predicted octanol–water partition coefficient (Wildman–Crippen LogP) is 4.65. The van der Waals surface area contributed by atoms with E-state index < -0.39 is 0 Å². The number of benzene rings is 1. The molecule has 5 rings (SSSR count). The molecule has 37 heavy (non-hydrogen) atoms. The summed E-state index contributed by atoms with van der Waals surface area (Å²) in [5.41, 5.74) is 6.88. The molecule has 1 aliphatic heterocycles. The van der Waals surface area contributed by atoms with Gasteiger partial charge in [0.15, 0.2) is 5.11 Å². The molecule has 2 atom stereocenters. The molecule has 1 aliphatic rings. The van der Waals surface area contributed by atoms with Crippen molar-refractivity contribution in [2.24, 2.45) is 0 Å². The van der Waals surface area contributed by atoms with Crippen molar-refractivity contribution in [2.45, 2.75) is 25.9 Å². The molecule has 3 aromatic heterocycles. The molecule has 0 radical (unpaired) electrons. The molecule has 1 fully saturated rings. The first-order valence-electron chi connectivity index (χ1n) is 12.0. The second kappa shape index (κ2) is 10.5. The van der Waals surface area contributed by atoms with Crippen molar-refractivity contribution in [3.63, 3.8) is 0 Å². The van der Waals surface area contributed by atoms with Crippen LogP contribution < -0.4 is 15.5 Å². The van der Waals surface area contributed by atoms with Crippen LogP contribution in [0.3, 0.4) is 0 Å². The summed E-state index contributed by atoms with van der Waals surface area (Å²) in [6, 6.07) is 19.5. The van der Waals surface area contributed by atoms with E-state index in [1.165, 1.54) is 7.11 Å². The third kappa shape index (κ3) is 4.83. The van der Waals surface area contributed by atoms with Gasteiger partial charge >= 0.3 is 0 Å². The number of amides is 1. The Bertz CT molecular complexity index is 1410. The van der Waals surface area contributed by atoms with Gasteiger partial charge in [-0.1, -0.05) is 6.07 Å². The van der Waals surface area contributed by atoms with Crippen LogP contribution in [0.4, 0.5) is 11.4 Å². The number of thiocarbonyl (C=S) groups is 1. The van der Waals surface area contributed by atoms with Gasteiger partial charge in [-0.05, 0) is 86.2 Å². The summed E-state index contributed by atoms with van der Waals surface area (Å²) < 4.78 is 7.12. The zero-order chi connectivity index (χ0) is 25.9. The first-order chi connectivity index (χ1) is 18.0. The van der Waals surface area contributed by atoms with E-state index >= 15 is 0 Å². The molecule has 0 saturated carbocycles. The molecule has 1 aromatic carbocycles. The average Bonchev–Trinajstić information content (AvgIpc) is 3.40. The van der Waals surface area contributed by atoms with Crippen LogP contribution in [0.15, 0.2) is 79.3 Å². The summed E-state index contributed by atoms with van der Waals surface area (Å²) in [7, 11) is 1.49. The zero-order valence-electron chi connectivity index (χ0n) is 20.9. The number of nitrogens with zero attached hydrogens (tertiary/aromatic N) is 4. The largest absolute Gasteiger partial charge is 0.375 e. The van der Waals surface area contributed by atoms with Crippen molar-refractivity contribution in [2.75, 3.05) is 23.9 Å². The molecular weight excluding hydrogens is 484 g/mol. The lowest BCUT2D eigenvalue weighted by atomic mass is 9.96. The summed E-state index contributed by atoms with van der Waals surface area (Å²) in [6.07, 6.45) is 5.44. The second-order valence-electron chi connectivity index (χ2n) is 8.90. The Morgan fingerprint density at radius 1 is 1.08 bits per heavy atom. The first-order valence-corrected chi connectivity index (χ1v) is 12.4. The number of carbonyl (C=O) groups is 1. The molecule has 8 nitrogen and oxygen atoms in total. The van der Waals surface area contributed by atoms with Gasteiger partial charge in [0.05, 0.1) is 29.7 Å². The molecule has 0 aliphatic carbocycles. The van der Waals surface area contributed by atoms with E-state index in [0.717, 1.165) is 34.0 Å². The molecule has 1 amide bonds. The van der Waals surface area contributed by atoms with Gasteiger partial charge in [-0.15, -0.1) is 0 Å². The monoisotopic (exact) mass is 512 g/mol. The minimum absolute atomic E-state index is 0.00225. The van der Waals surface area contributed by atoms with Crippen LogP contribution in [0.2, 0.25) is 0 Å². The van der Waals surface area contributed by atoms with E-state index in [0.29, 0.717) is 10.8 Å². The number of carbonyl (C=O) groups excluding carboxylic acids is 1. The quantitative estimate of drug-likeness (QED) is 0.349. The second-order valence-corrected chi connectivity index (χ2v) is 9.28. The fourth-order valence-electron chi connectivity index (χ4n) is 4.95. The van der Waals surface area contributed by atoms with E-state index in [2.05, 4.69) is 56.0 Å². The molecule has 188 valence electrons. The molecule has 0 unspecified atom stereocenters. The minimum Gasteiger partial charge on any atom is -0.375 e. The summed E-state index contributed by atoms with van der Waals surface area (Å²) in [4.78, 5) is 23.0. The predicted molar refractivity (Wildman–Crippen MR) is 148 cm³/mol. The van der Waals surface area contributed by atoms with Crippen LogP contribution in [-0.4, -0.2) is 39.3 Å². The van der Waals surface area contributed by atoms with Gasteiger partial charge in [-0.2, -0.15) is 0 Å². The highest BCUT2D eigenvalue weighted by atomic mass is 32.1. The summed E-state index contributed by atoms with van der Waals surface area (Å²) in [5.74, 6) is -0.204. The number of methoxy groups -OCH3 is 1. The van der Waals surface area contributed by atoms with Gasteiger partial charge in [-0.25, -0.2) is 0 Å². The van der Waals surface area contributed by atoms with Crippen LogP contribution in [0.25, 0.3) is 5.69 Å². The van der Waals surface area contributed by atoms with Crippen molar-refractivity contribution < 1.29 is 9.53 Å². The Labute approximate surface area is 221 Å².